The van der Waals surface area contributed by atoms with Crippen LogP contribution in [-0.2, 0) is 20.7 Å². The standard InChI is InChI=1S/C14H13NO4/c1-9-2-4-10(5-3-9)6-7-12-15-11(8-13(16)17)14(18)19-12/h2-5,8H,6-7H2,1H3,(H,16,17)/b11-8+. The monoisotopic (exact) mass is 259 g/mol. The van der Waals surface area contributed by atoms with Crippen molar-refractivity contribution in [2.75, 3.05) is 0 Å². The molecule has 1 heterocycles. The van der Waals surface area contributed by atoms with Crippen LogP contribution in [0.5, 0.6) is 0 Å². The number of aryl methyl sites for hydroxylation is 2. The number of hydrogen-bond acceptors (Lipinski definition) is 4. The number of carboxylic acids is 1. The van der Waals surface area contributed by atoms with Gasteiger partial charge >= 0.3 is 11.9 Å². The van der Waals surface area contributed by atoms with Crippen LogP contribution >= 0.6 is 0 Å². The molecule has 1 aromatic carbocycles. The van der Waals surface area contributed by atoms with Crippen LogP contribution in [0, 0.1) is 6.92 Å². The maximum absolute atomic E-state index is 11.3. The van der Waals surface area contributed by atoms with Crippen LogP contribution in [0.15, 0.2) is 41.0 Å². The minimum Gasteiger partial charge on any atom is -0.478 e. The summed E-state index contributed by atoms with van der Waals surface area (Å²) in [6.07, 6.45) is 1.90. The summed E-state index contributed by atoms with van der Waals surface area (Å²) in [5.41, 5.74) is 2.13. The number of nitrogens with zero attached hydrogens (tertiary/aromatic N) is 1. The van der Waals surface area contributed by atoms with Crippen LogP contribution in [-0.4, -0.2) is 22.9 Å². The highest BCUT2D eigenvalue weighted by atomic mass is 16.6. The van der Waals surface area contributed by atoms with Crippen LogP contribution in [0.2, 0.25) is 0 Å². The first-order valence-electron chi connectivity index (χ1n) is 5.84. The Balaban J connectivity index is 1.99. The Kier molecular flexibility index (Phi) is 3.75. The fourth-order valence-electron chi connectivity index (χ4n) is 1.68. The van der Waals surface area contributed by atoms with Crippen LogP contribution in [0.3, 0.4) is 0 Å². The quantitative estimate of drug-likeness (QED) is 0.661. The Bertz CT molecular complexity index is 570. The van der Waals surface area contributed by atoms with Crippen molar-refractivity contribution < 1.29 is 19.4 Å². The number of benzene rings is 1. The number of carboxylic acid groups (broad SMARTS) is 1. The molecule has 0 saturated heterocycles. The van der Waals surface area contributed by atoms with Crippen molar-refractivity contribution in [2.24, 2.45) is 4.99 Å². The van der Waals surface area contributed by atoms with E-state index in [0.29, 0.717) is 12.8 Å². The Morgan fingerprint density at radius 3 is 2.63 bits per heavy atom. The second-order valence-corrected chi connectivity index (χ2v) is 4.25. The molecule has 0 fully saturated rings. The summed E-state index contributed by atoms with van der Waals surface area (Å²) < 4.78 is 4.90. The molecule has 0 radical (unpaired) electrons. The average Bonchev–Trinajstić information content (AvgIpc) is 2.69. The molecule has 2 rings (SSSR count). The number of aliphatic imine (C=N–C) groups is 1. The number of aliphatic carboxylic acids is 1. The molecule has 0 unspecified atom stereocenters. The first-order valence-corrected chi connectivity index (χ1v) is 5.84. The van der Waals surface area contributed by atoms with Crippen molar-refractivity contribution in [1.29, 1.82) is 0 Å². The molecule has 19 heavy (non-hydrogen) atoms. The molecule has 1 aromatic rings. The van der Waals surface area contributed by atoms with Crippen molar-refractivity contribution in [1.82, 2.24) is 0 Å². The summed E-state index contributed by atoms with van der Waals surface area (Å²) in [5, 5.41) is 8.56. The topological polar surface area (TPSA) is 76.0 Å². The van der Waals surface area contributed by atoms with Crippen LogP contribution in [0.25, 0.3) is 0 Å². The average molecular weight is 259 g/mol. The highest BCUT2D eigenvalue weighted by Gasteiger charge is 2.23. The third-order valence-electron chi connectivity index (χ3n) is 2.67. The van der Waals surface area contributed by atoms with Crippen molar-refractivity contribution in [2.45, 2.75) is 19.8 Å². The first-order chi connectivity index (χ1) is 9.04. The molecule has 1 N–H and O–H groups in total. The number of ether oxygens (including phenoxy) is 1. The number of carbonyl (C=O) groups excluding carboxylic acids is 1. The van der Waals surface area contributed by atoms with Gasteiger partial charge in [-0.25, -0.2) is 14.6 Å². The third kappa shape index (κ3) is 3.51. The summed E-state index contributed by atoms with van der Waals surface area (Å²) in [6.45, 7) is 2.01. The van der Waals surface area contributed by atoms with Crippen molar-refractivity contribution >= 4 is 17.8 Å². The lowest BCUT2D eigenvalue weighted by Crippen LogP contribution is -2.05. The minimum absolute atomic E-state index is 0.161. The largest absolute Gasteiger partial charge is 0.478 e. The maximum Gasteiger partial charge on any atom is 0.363 e. The summed E-state index contributed by atoms with van der Waals surface area (Å²) in [6, 6.07) is 8.02. The van der Waals surface area contributed by atoms with Gasteiger partial charge in [-0.1, -0.05) is 29.8 Å². The van der Waals surface area contributed by atoms with Gasteiger partial charge in [0.15, 0.2) is 11.6 Å². The number of hydrogen-bond donors (Lipinski definition) is 1. The molecule has 0 spiro atoms. The zero-order valence-corrected chi connectivity index (χ0v) is 10.4. The molecule has 1 aliphatic heterocycles. The lowest BCUT2D eigenvalue weighted by molar-refractivity contribution is -0.133. The molecule has 0 amide bonds. The van der Waals surface area contributed by atoms with Gasteiger partial charge in [0.25, 0.3) is 0 Å². The number of cyclic esters (lactones) is 1. The van der Waals surface area contributed by atoms with Gasteiger partial charge in [-0.15, -0.1) is 0 Å². The molecule has 0 saturated carbocycles. The number of rotatable bonds is 4. The SMILES string of the molecule is Cc1ccc(CCC2=N/C(=C/C(=O)O)C(=O)O2)cc1. The highest BCUT2D eigenvalue weighted by molar-refractivity contribution is 6.07. The zero-order chi connectivity index (χ0) is 13.8. The second kappa shape index (κ2) is 5.48. The predicted molar refractivity (Wildman–Crippen MR) is 68.7 cm³/mol. The van der Waals surface area contributed by atoms with E-state index in [2.05, 4.69) is 4.99 Å². The van der Waals surface area contributed by atoms with E-state index >= 15 is 0 Å². The summed E-state index contributed by atoms with van der Waals surface area (Å²) in [5.74, 6) is -1.66. The van der Waals surface area contributed by atoms with Crippen LogP contribution < -0.4 is 0 Å². The van der Waals surface area contributed by atoms with Gasteiger partial charge in [0.05, 0.1) is 6.08 Å². The van der Waals surface area contributed by atoms with Crippen LogP contribution in [0.4, 0.5) is 0 Å². The second-order valence-electron chi connectivity index (χ2n) is 4.25. The van der Waals surface area contributed by atoms with Gasteiger partial charge in [-0.3, -0.25) is 0 Å². The Morgan fingerprint density at radius 1 is 1.32 bits per heavy atom. The number of esters is 1. The zero-order valence-electron chi connectivity index (χ0n) is 10.4. The normalized spacial score (nSPS) is 16.4. The molecule has 1 aliphatic rings. The van der Waals surface area contributed by atoms with E-state index in [4.69, 9.17) is 9.84 Å². The van der Waals surface area contributed by atoms with E-state index in [1.54, 1.807) is 0 Å². The molecule has 5 nitrogen and oxygen atoms in total. The summed E-state index contributed by atoms with van der Waals surface area (Å²) in [7, 11) is 0. The molecule has 0 bridgehead atoms. The predicted octanol–water partition coefficient (Wildman–Crippen LogP) is 1.85. The Hall–Kier alpha value is -2.43. The Morgan fingerprint density at radius 2 is 2.00 bits per heavy atom. The minimum atomic E-state index is -1.21. The lowest BCUT2D eigenvalue weighted by Gasteiger charge is -2.01. The van der Waals surface area contributed by atoms with Gasteiger partial charge in [0, 0.05) is 6.42 Å². The number of carbonyl (C=O) groups is 2. The maximum atomic E-state index is 11.3. The molecule has 0 aromatic heterocycles. The Labute approximate surface area is 110 Å². The molecule has 0 aliphatic carbocycles. The fourth-order valence-corrected chi connectivity index (χ4v) is 1.68. The van der Waals surface area contributed by atoms with Gasteiger partial charge in [-0.05, 0) is 18.9 Å². The van der Waals surface area contributed by atoms with E-state index in [1.165, 1.54) is 5.56 Å². The van der Waals surface area contributed by atoms with Crippen LogP contribution in [0.1, 0.15) is 17.5 Å². The highest BCUT2D eigenvalue weighted by Crippen LogP contribution is 2.15. The van der Waals surface area contributed by atoms with Gasteiger partial charge < -0.3 is 9.84 Å². The molecule has 98 valence electrons. The van der Waals surface area contributed by atoms with Gasteiger partial charge in [-0.2, -0.15) is 0 Å². The van der Waals surface area contributed by atoms with E-state index in [9.17, 15) is 9.59 Å². The smallest absolute Gasteiger partial charge is 0.363 e. The van der Waals surface area contributed by atoms with E-state index in [-0.39, 0.29) is 11.6 Å². The lowest BCUT2D eigenvalue weighted by atomic mass is 10.1. The van der Waals surface area contributed by atoms with E-state index in [0.717, 1.165) is 11.6 Å². The fraction of sp³-hybridized carbons (Fsp3) is 0.214. The van der Waals surface area contributed by atoms with E-state index < -0.39 is 11.9 Å². The van der Waals surface area contributed by atoms with E-state index in [1.807, 2.05) is 31.2 Å². The molecule has 5 heteroatoms. The van der Waals surface area contributed by atoms with Crippen molar-refractivity contribution in [3.63, 3.8) is 0 Å². The third-order valence-corrected chi connectivity index (χ3v) is 2.67. The molecular weight excluding hydrogens is 246 g/mol. The van der Waals surface area contributed by atoms with Gasteiger partial charge in [0.1, 0.15) is 0 Å². The van der Waals surface area contributed by atoms with Crippen molar-refractivity contribution in [3.05, 3.63) is 47.2 Å². The van der Waals surface area contributed by atoms with Gasteiger partial charge in [0.2, 0.25) is 0 Å². The molecular formula is C14H13NO4. The summed E-state index contributed by atoms with van der Waals surface area (Å²) >= 11 is 0. The van der Waals surface area contributed by atoms with Crippen molar-refractivity contribution in [3.8, 4) is 0 Å². The summed E-state index contributed by atoms with van der Waals surface area (Å²) in [4.78, 5) is 25.6. The first kappa shape index (κ1) is 13.0. The molecule has 0 atom stereocenters.